The first-order valence-corrected chi connectivity index (χ1v) is 5.88. The molecular formula is C13H17ClN2O. The molecular weight excluding hydrogens is 236 g/mol. The van der Waals surface area contributed by atoms with E-state index in [1.54, 1.807) is 0 Å². The van der Waals surface area contributed by atoms with E-state index in [4.69, 9.17) is 5.73 Å². The van der Waals surface area contributed by atoms with Gasteiger partial charge in [-0.2, -0.15) is 0 Å². The lowest BCUT2D eigenvalue weighted by molar-refractivity contribution is -0.122. The van der Waals surface area contributed by atoms with E-state index >= 15 is 0 Å². The van der Waals surface area contributed by atoms with Crippen molar-refractivity contribution in [2.45, 2.75) is 18.9 Å². The van der Waals surface area contributed by atoms with E-state index in [-0.39, 0.29) is 30.3 Å². The van der Waals surface area contributed by atoms with E-state index in [1.165, 1.54) is 11.1 Å². The molecule has 17 heavy (non-hydrogen) atoms. The molecule has 2 heterocycles. The predicted octanol–water partition coefficient (Wildman–Crippen LogP) is 1.51. The molecule has 1 amide bonds. The first kappa shape index (κ1) is 12.4. The molecule has 0 spiro atoms. The Hall–Kier alpha value is -1.06. The highest BCUT2D eigenvalue weighted by atomic mass is 35.5. The Morgan fingerprint density at radius 3 is 2.82 bits per heavy atom. The first-order chi connectivity index (χ1) is 7.77. The molecule has 2 N–H and O–H groups in total. The molecule has 0 aromatic heterocycles. The summed E-state index contributed by atoms with van der Waals surface area (Å²) < 4.78 is 0. The van der Waals surface area contributed by atoms with E-state index in [2.05, 4.69) is 29.2 Å². The van der Waals surface area contributed by atoms with Gasteiger partial charge in [0.05, 0.1) is 5.92 Å². The topological polar surface area (TPSA) is 46.3 Å². The quantitative estimate of drug-likeness (QED) is 0.824. The van der Waals surface area contributed by atoms with Gasteiger partial charge in [0, 0.05) is 12.6 Å². The van der Waals surface area contributed by atoms with Gasteiger partial charge < -0.3 is 5.73 Å². The van der Waals surface area contributed by atoms with Gasteiger partial charge in [0.1, 0.15) is 0 Å². The minimum atomic E-state index is -0.149. The lowest BCUT2D eigenvalue weighted by atomic mass is 9.87. The van der Waals surface area contributed by atoms with E-state index in [0.717, 1.165) is 25.9 Å². The standard InChI is InChI=1S/C13H16N2O.ClH/c14-13(16)11-6-8-15-7-5-9-3-1-2-4-10(9)12(11)15;/h1-4,11-12H,5-8H2,(H2,14,16);1H. The molecule has 1 fully saturated rings. The molecule has 4 heteroatoms. The molecule has 2 aliphatic heterocycles. The largest absolute Gasteiger partial charge is 0.369 e. The van der Waals surface area contributed by atoms with Crippen LogP contribution in [0.25, 0.3) is 0 Å². The third-order valence-corrected chi connectivity index (χ3v) is 3.91. The van der Waals surface area contributed by atoms with Crippen molar-refractivity contribution >= 4 is 18.3 Å². The molecule has 2 unspecified atom stereocenters. The fraction of sp³-hybridized carbons (Fsp3) is 0.462. The van der Waals surface area contributed by atoms with Crippen molar-refractivity contribution in [2.75, 3.05) is 13.1 Å². The average Bonchev–Trinajstić information content (AvgIpc) is 2.73. The number of amides is 1. The molecule has 0 saturated carbocycles. The third-order valence-electron chi connectivity index (χ3n) is 3.91. The zero-order valence-electron chi connectivity index (χ0n) is 9.63. The van der Waals surface area contributed by atoms with Crippen LogP contribution in [0.1, 0.15) is 23.6 Å². The molecule has 2 aliphatic rings. The Labute approximate surface area is 107 Å². The van der Waals surface area contributed by atoms with Crippen LogP contribution in [0, 0.1) is 5.92 Å². The van der Waals surface area contributed by atoms with Crippen molar-refractivity contribution < 1.29 is 4.79 Å². The molecule has 0 aliphatic carbocycles. The van der Waals surface area contributed by atoms with Crippen molar-refractivity contribution in [1.29, 1.82) is 0 Å². The lowest BCUT2D eigenvalue weighted by Crippen LogP contribution is -2.36. The first-order valence-electron chi connectivity index (χ1n) is 5.88. The predicted molar refractivity (Wildman–Crippen MR) is 69.0 cm³/mol. The second-order valence-corrected chi connectivity index (χ2v) is 4.73. The van der Waals surface area contributed by atoms with Gasteiger partial charge in [-0.05, 0) is 30.5 Å². The summed E-state index contributed by atoms with van der Waals surface area (Å²) in [5.74, 6) is -0.148. The number of primary amides is 1. The Kier molecular flexibility index (Phi) is 3.40. The Bertz CT molecular complexity index is 435. The van der Waals surface area contributed by atoms with Crippen LogP contribution in [0.4, 0.5) is 0 Å². The Morgan fingerprint density at radius 2 is 2.06 bits per heavy atom. The summed E-state index contributed by atoms with van der Waals surface area (Å²) in [6, 6.07) is 8.68. The number of carbonyl (C=O) groups is 1. The molecule has 1 aromatic carbocycles. The summed E-state index contributed by atoms with van der Waals surface area (Å²) in [5.41, 5.74) is 8.20. The van der Waals surface area contributed by atoms with E-state index in [1.807, 2.05) is 0 Å². The second-order valence-electron chi connectivity index (χ2n) is 4.73. The smallest absolute Gasteiger partial charge is 0.222 e. The average molecular weight is 253 g/mol. The van der Waals surface area contributed by atoms with Crippen LogP contribution >= 0.6 is 12.4 Å². The summed E-state index contributed by atoms with van der Waals surface area (Å²) in [7, 11) is 0. The summed E-state index contributed by atoms with van der Waals surface area (Å²) >= 11 is 0. The molecule has 92 valence electrons. The van der Waals surface area contributed by atoms with Gasteiger partial charge in [0.2, 0.25) is 5.91 Å². The number of fused-ring (bicyclic) bond motifs is 3. The molecule has 1 saturated heterocycles. The van der Waals surface area contributed by atoms with Gasteiger partial charge in [-0.3, -0.25) is 9.69 Å². The minimum Gasteiger partial charge on any atom is -0.369 e. The Balaban J connectivity index is 0.00000108. The van der Waals surface area contributed by atoms with E-state index < -0.39 is 0 Å². The van der Waals surface area contributed by atoms with Crippen LogP contribution in [-0.4, -0.2) is 23.9 Å². The van der Waals surface area contributed by atoms with Crippen molar-refractivity contribution in [3.8, 4) is 0 Å². The monoisotopic (exact) mass is 252 g/mol. The number of nitrogens with zero attached hydrogens (tertiary/aromatic N) is 1. The van der Waals surface area contributed by atoms with Gasteiger partial charge in [-0.1, -0.05) is 24.3 Å². The number of hydrogen-bond acceptors (Lipinski definition) is 2. The number of hydrogen-bond donors (Lipinski definition) is 1. The Morgan fingerprint density at radius 1 is 1.29 bits per heavy atom. The highest BCUT2D eigenvalue weighted by molar-refractivity contribution is 5.85. The highest BCUT2D eigenvalue weighted by Gasteiger charge is 2.41. The van der Waals surface area contributed by atoms with Crippen LogP contribution in [0.5, 0.6) is 0 Å². The van der Waals surface area contributed by atoms with Crippen LogP contribution < -0.4 is 5.73 Å². The van der Waals surface area contributed by atoms with Crippen LogP contribution in [0.3, 0.4) is 0 Å². The normalized spacial score (nSPS) is 26.8. The SMILES string of the molecule is Cl.NC(=O)C1CCN2CCc3ccccc3C12. The summed E-state index contributed by atoms with van der Waals surface area (Å²) in [5, 5.41) is 0. The number of halogens is 1. The van der Waals surface area contributed by atoms with Gasteiger partial charge in [-0.15, -0.1) is 12.4 Å². The lowest BCUT2D eigenvalue weighted by Gasteiger charge is -2.33. The van der Waals surface area contributed by atoms with Crippen molar-refractivity contribution in [3.05, 3.63) is 35.4 Å². The van der Waals surface area contributed by atoms with Gasteiger partial charge >= 0.3 is 0 Å². The minimum absolute atomic E-state index is 0. The summed E-state index contributed by atoms with van der Waals surface area (Å²) in [6.07, 6.45) is 2.01. The maximum Gasteiger partial charge on any atom is 0.222 e. The van der Waals surface area contributed by atoms with Crippen molar-refractivity contribution in [3.63, 3.8) is 0 Å². The zero-order chi connectivity index (χ0) is 11.1. The van der Waals surface area contributed by atoms with Crippen LogP contribution in [0.15, 0.2) is 24.3 Å². The highest BCUT2D eigenvalue weighted by Crippen LogP contribution is 2.41. The second kappa shape index (κ2) is 4.67. The fourth-order valence-electron chi connectivity index (χ4n) is 3.13. The maximum atomic E-state index is 11.5. The van der Waals surface area contributed by atoms with Gasteiger partial charge in [0.15, 0.2) is 0 Å². The van der Waals surface area contributed by atoms with Gasteiger partial charge in [0.25, 0.3) is 0 Å². The number of benzene rings is 1. The van der Waals surface area contributed by atoms with Crippen molar-refractivity contribution in [2.24, 2.45) is 11.7 Å². The fourth-order valence-corrected chi connectivity index (χ4v) is 3.13. The summed E-state index contributed by atoms with van der Waals surface area (Å²) in [6.45, 7) is 2.07. The molecule has 0 radical (unpaired) electrons. The molecule has 0 bridgehead atoms. The maximum absolute atomic E-state index is 11.5. The van der Waals surface area contributed by atoms with Crippen LogP contribution in [0.2, 0.25) is 0 Å². The third kappa shape index (κ3) is 1.94. The van der Waals surface area contributed by atoms with Crippen LogP contribution in [-0.2, 0) is 11.2 Å². The summed E-state index contributed by atoms with van der Waals surface area (Å²) in [4.78, 5) is 13.9. The zero-order valence-corrected chi connectivity index (χ0v) is 10.5. The molecule has 3 rings (SSSR count). The molecule has 1 aromatic rings. The number of carbonyl (C=O) groups excluding carboxylic acids is 1. The molecule has 2 atom stereocenters. The van der Waals surface area contributed by atoms with Crippen molar-refractivity contribution in [1.82, 2.24) is 4.90 Å². The van der Waals surface area contributed by atoms with Gasteiger partial charge in [-0.25, -0.2) is 0 Å². The number of nitrogens with two attached hydrogens (primary N) is 1. The van der Waals surface area contributed by atoms with E-state index in [0.29, 0.717) is 0 Å². The molecule has 3 nitrogen and oxygen atoms in total. The van der Waals surface area contributed by atoms with E-state index in [9.17, 15) is 4.79 Å². The number of rotatable bonds is 1.